The van der Waals surface area contributed by atoms with E-state index in [4.69, 9.17) is 8.94 Å². The summed E-state index contributed by atoms with van der Waals surface area (Å²) in [6, 6.07) is 3.80. The number of furan rings is 1. The van der Waals surface area contributed by atoms with Crippen LogP contribution in [0.3, 0.4) is 0 Å². The molecule has 0 unspecified atom stereocenters. The molecule has 7 nitrogen and oxygen atoms in total. The third kappa shape index (κ3) is 4.23. The number of nitrogens with zero attached hydrogens (tertiary/aromatic N) is 3. The SMILES string of the molecule is CCNCC1CCN(C(=O)c2cc(-c3cc(C)oc3C)nc3onc(C)c23)CC1.Cl. The summed E-state index contributed by atoms with van der Waals surface area (Å²) in [7, 11) is 0. The van der Waals surface area contributed by atoms with E-state index in [-0.39, 0.29) is 18.3 Å². The van der Waals surface area contributed by atoms with E-state index >= 15 is 0 Å². The van der Waals surface area contributed by atoms with Gasteiger partial charge in [-0.15, -0.1) is 12.4 Å². The van der Waals surface area contributed by atoms with E-state index in [1.54, 1.807) is 0 Å². The Balaban J connectivity index is 0.00000256. The zero-order valence-corrected chi connectivity index (χ0v) is 18.8. The maximum Gasteiger partial charge on any atom is 0.259 e. The number of amides is 1. The van der Waals surface area contributed by atoms with E-state index in [1.165, 1.54) is 0 Å². The zero-order valence-electron chi connectivity index (χ0n) is 17.9. The summed E-state index contributed by atoms with van der Waals surface area (Å²) in [5.41, 5.74) is 3.23. The van der Waals surface area contributed by atoms with Crippen molar-refractivity contribution in [1.29, 1.82) is 0 Å². The monoisotopic (exact) mass is 432 g/mol. The average molecular weight is 433 g/mol. The molecule has 4 rings (SSSR count). The van der Waals surface area contributed by atoms with E-state index in [9.17, 15) is 4.79 Å². The second-order valence-electron chi connectivity index (χ2n) is 7.87. The predicted octanol–water partition coefficient (Wildman–Crippen LogP) is 4.29. The van der Waals surface area contributed by atoms with Crippen LogP contribution < -0.4 is 5.32 Å². The van der Waals surface area contributed by atoms with Crippen LogP contribution in [0, 0.1) is 26.7 Å². The van der Waals surface area contributed by atoms with Crippen molar-refractivity contribution in [3.05, 3.63) is 34.9 Å². The maximum atomic E-state index is 13.4. The molecule has 4 heterocycles. The van der Waals surface area contributed by atoms with Crippen LogP contribution in [0.1, 0.15) is 47.3 Å². The van der Waals surface area contributed by atoms with Crippen molar-refractivity contribution in [2.75, 3.05) is 26.2 Å². The summed E-state index contributed by atoms with van der Waals surface area (Å²) in [5, 5.41) is 8.17. The Hall–Kier alpha value is -2.38. The summed E-state index contributed by atoms with van der Waals surface area (Å²) >= 11 is 0. The van der Waals surface area contributed by atoms with Crippen molar-refractivity contribution >= 4 is 29.4 Å². The summed E-state index contributed by atoms with van der Waals surface area (Å²) in [5.74, 6) is 2.22. The van der Waals surface area contributed by atoms with Crippen LogP contribution in [0.25, 0.3) is 22.4 Å². The van der Waals surface area contributed by atoms with Gasteiger partial charge < -0.3 is 19.2 Å². The number of aryl methyl sites for hydroxylation is 3. The number of rotatable bonds is 5. The third-order valence-corrected chi connectivity index (χ3v) is 5.75. The van der Waals surface area contributed by atoms with Gasteiger partial charge in [0.1, 0.15) is 11.5 Å². The fraction of sp³-hybridized carbons (Fsp3) is 0.500. The summed E-state index contributed by atoms with van der Waals surface area (Å²) in [4.78, 5) is 20.0. The second kappa shape index (κ2) is 9.18. The van der Waals surface area contributed by atoms with Crippen molar-refractivity contribution in [1.82, 2.24) is 20.4 Å². The first-order valence-electron chi connectivity index (χ1n) is 10.3. The number of hydrogen-bond acceptors (Lipinski definition) is 6. The first-order chi connectivity index (χ1) is 14.0. The molecule has 1 aliphatic heterocycles. The molecule has 1 saturated heterocycles. The number of aromatic nitrogens is 2. The topological polar surface area (TPSA) is 84.4 Å². The maximum absolute atomic E-state index is 13.4. The van der Waals surface area contributed by atoms with Gasteiger partial charge >= 0.3 is 0 Å². The van der Waals surface area contributed by atoms with E-state index in [0.717, 1.165) is 56.1 Å². The minimum atomic E-state index is 0. The second-order valence-corrected chi connectivity index (χ2v) is 7.87. The smallest absolute Gasteiger partial charge is 0.259 e. The largest absolute Gasteiger partial charge is 0.466 e. The van der Waals surface area contributed by atoms with Crippen molar-refractivity contribution in [3.63, 3.8) is 0 Å². The third-order valence-electron chi connectivity index (χ3n) is 5.75. The quantitative estimate of drug-likeness (QED) is 0.647. The van der Waals surface area contributed by atoms with Gasteiger partial charge in [-0.2, -0.15) is 0 Å². The Morgan fingerprint density at radius 1 is 1.23 bits per heavy atom. The number of pyridine rings is 1. The number of carbonyl (C=O) groups excluding carboxylic acids is 1. The Morgan fingerprint density at radius 2 is 1.97 bits per heavy atom. The molecular weight excluding hydrogens is 404 g/mol. The molecule has 3 aromatic rings. The number of carbonyl (C=O) groups is 1. The normalized spacial score (nSPS) is 14.9. The highest BCUT2D eigenvalue weighted by Crippen LogP contribution is 2.31. The van der Waals surface area contributed by atoms with Crippen LogP contribution in [-0.4, -0.2) is 47.1 Å². The minimum Gasteiger partial charge on any atom is -0.466 e. The van der Waals surface area contributed by atoms with Gasteiger partial charge in [0.2, 0.25) is 0 Å². The Morgan fingerprint density at radius 3 is 2.60 bits per heavy atom. The minimum absolute atomic E-state index is 0. The van der Waals surface area contributed by atoms with Gasteiger partial charge in [0.05, 0.1) is 22.3 Å². The van der Waals surface area contributed by atoms with Crippen LogP contribution in [0.2, 0.25) is 0 Å². The van der Waals surface area contributed by atoms with Crippen LogP contribution in [0.15, 0.2) is 21.1 Å². The first kappa shape index (κ1) is 22.3. The molecule has 162 valence electrons. The highest BCUT2D eigenvalue weighted by molar-refractivity contribution is 6.07. The van der Waals surface area contributed by atoms with Crippen molar-refractivity contribution in [2.24, 2.45) is 5.92 Å². The molecule has 1 amide bonds. The molecular formula is C22H29ClN4O3. The molecule has 3 aromatic heterocycles. The van der Waals surface area contributed by atoms with Crippen molar-refractivity contribution in [2.45, 2.75) is 40.5 Å². The predicted molar refractivity (Wildman–Crippen MR) is 118 cm³/mol. The standard InChI is InChI=1S/C22H28N4O3.ClH/c1-5-23-12-16-6-8-26(9-7-16)22(27)18-11-19(17-10-13(2)28-15(17)4)24-21-20(18)14(3)25-29-21;/h10-11,16,23H,5-9,12H2,1-4H3;1H. The Bertz CT molecular complexity index is 1030. The summed E-state index contributed by atoms with van der Waals surface area (Å²) in [6.07, 6.45) is 2.03. The van der Waals surface area contributed by atoms with E-state index in [0.29, 0.717) is 34.0 Å². The lowest BCUT2D eigenvalue weighted by atomic mass is 9.95. The molecule has 1 fully saturated rings. The number of nitrogens with one attached hydrogen (secondary N) is 1. The highest BCUT2D eigenvalue weighted by atomic mass is 35.5. The first-order valence-corrected chi connectivity index (χ1v) is 10.3. The molecule has 0 spiro atoms. The molecule has 0 atom stereocenters. The van der Waals surface area contributed by atoms with Gasteiger partial charge in [0, 0.05) is 18.7 Å². The number of fused-ring (bicyclic) bond motifs is 1. The molecule has 0 bridgehead atoms. The zero-order chi connectivity index (χ0) is 20.5. The van der Waals surface area contributed by atoms with Crippen LogP contribution in [0.4, 0.5) is 0 Å². The molecule has 0 radical (unpaired) electrons. The molecule has 0 aromatic carbocycles. The van der Waals surface area contributed by atoms with Gasteiger partial charge in [0.15, 0.2) is 0 Å². The molecule has 8 heteroatoms. The lowest BCUT2D eigenvalue weighted by molar-refractivity contribution is 0.0692. The Labute approximate surface area is 182 Å². The lowest BCUT2D eigenvalue weighted by Gasteiger charge is -2.32. The van der Waals surface area contributed by atoms with Gasteiger partial charge in [-0.3, -0.25) is 4.79 Å². The van der Waals surface area contributed by atoms with Crippen molar-refractivity contribution in [3.8, 4) is 11.3 Å². The highest BCUT2D eigenvalue weighted by Gasteiger charge is 2.27. The van der Waals surface area contributed by atoms with E-state index in [1.807, 2.05) is 37.8 Å². The van der Waals surface area contributed by atoms with Crippen LogP contribution in [-0.2, 0) is 0 Å². The number of piperidine rings is 1. The molecule has 30 heavy (non-hydrogen) atoms. The molecule has 0 aliphatic carbocycles. The number of likely N-dealkylation sites (tertiary alicyclic amines) is 1. The van der Waals surface area contributed by atoms with Gasteiger partial charge in [0.25, 0.3) is 11.6 Å². The van der Waals surface area contributed by atoms with Gasteiger partial charge in [-0.05, 0) is 64.8 Å². The molecule has 1 N–H and O–H groups in total. The number of hydrogen-bond donors (Lipinski definition) is 1. The van der Waals surface area contributed by atoms with E-state index in [2.05, 4.69) is 22.4 Å². The summed E-state index contributed by atoms with van der Waals surface area (Å²) in [6.45, 7) is 11.3. The van der Waals surface area contributed by atoms with Crippen LogP contribution in [0.5, 0.6) is 0 Å². The Kier molecular flexibility index (Phi) is 6.83. The average Bonchev–Trinajstić information content (AvgIpc) is 3.27. The molecule has 0 saturated carbocycles. The van der Waals surface area contributed by atoms with Gasteiger partial charge in [-0.25, -0.2) is 4.98 Å². The molecule has 1 aliphatic rings. The van der Waals surface area contributed by atoms with Crippen molar-refractivity contribution < 1.29 is 13.7 Å². The number of halogens is 1. The van der Waals surface area contributed by atoms with Gasteiger partial charge in [-0.1, -0.05) is 12.1 Å². The van der Waals surface area contributed by atoms with E-state index < -0.39 is 0 Å². The lowest BCUT2D eigenvalue weighted by Crippen LogP contribution is -2.40. The fourth-order valence-corrected chi connectivity index (χ4v) is 4.15. The summed E-state index contributed by atoms with van der Waals surface area (Å²) < 4.78 is 11.1. The van der Waals surface area contributed by atoms with Crippen LogP contribution >= 0.6 is 12.4 Å². The fourth-order valence-electron chi connectivity index (χ4n) is 4.15.